The number of piperidine rings is 1. The number of hydrogen-bond acceptors (Lipinski definition) is 3. The van der Waals surface area contributed by atoms with Crippen LogP contribution in [-0.2, 0) is 0 Å². The second-order valence-electron chi connectivity index (χ2n) is 7.61. The number of halogens is 1. The van der Waals surface area contributed by atoms with Crippen LogP contribution in [-0.4, -0.2) is 37.0 Å². The molecule has 1 saturated heterocycles. The van der Waals surface area contributed by atoms with Crippen molar-refractivity contribution in [2.45, 2.75) is 45.6 Å². The predicted molar refractivity (Wildman–Crippen MR) is 121 cm³/mol. The highest BCUT2D eigenvalue weighted by Gasteiger charge is 2.23. The highest BCUT2D eigenvalue weighted by atomic mass is 35.5. The highest BCUT2D eigenvalue weighted by Crippen LogP contribution is 2.24. The molecule has 0 saturated carbocycles. The van der Waals surface area contributed by atoms with Gasteiger partial charge in [-0.3, -0.25) is 9.69 Å². The van der Waals surface area contributed by atoms with Gasteiger partial charge in [0, 0.05) is 12.1 Å². The van der Waals surface area contributed by atoms with Crippen molar-refractivity contribution in [1.82, 2.24) is 10.2 Å². The summed E-state index contributed by atoms with van der Waals surface area (Å²) in [6, 6.07) is 16.3. The maximum Gasteiger partial charge on any atom is 0.251 e. The van der Waals surface area contributed by atoms with Gasteiger partial charge in [0.15, 0.2) is 0 Å². The molecule has 0 aliphatic carbocycles. The first kappa shape index (κ1) is 23.2. The summed E-state index contributed by atoms with van der Waals surface area (Å²) >= 11 is 0. The molecule has 1 atom stereocenters. The minimum Gasteiger partial charge on any atom is -0.494 e. The molecule has 0 bridgehead atoms. The Balaban J connectivity index is 0.00000300. The summed E-state index contributed by atoms with van der Waals surface area (Å²) in [6.07, 6.45) is 4.74. The summed E-state index contributed by atoms with van der Waals surface area (Å²) in [5, 5.41) is 3.15. The average molecular weight is 417 g/mol. The van der Waals surface area contributed by atoms with E-state index in [1.165, 1.54) is 30.4 Å². The monoisotopic (exact) mass is 416 g/mol. The zero-order valence-electron chi connectivity index (χ0n) is 17.5. The molecule has 3 rings (SSSR count). The van der Waals surface area contributed by atoms with Crippen LogP contribution in [0.2, 0.25) is 0 Å². The first-order chi connectivity index (χ1) is 13.7. The molecular weight excluding hydrogens is 384 g/mol. The van der Waals surface area contributed by atoms with Crippen molar-refractivity contribution < 1.29 is 9.53 Å². The summed E-state index contributed by atoms with van der Waals surface area (Å²) in [7, 11) is 0. The molecule has 1 aliphatic rings. The SMILES string of the molecule is CCCOc1ccc(C(=O)NCC(c2ccc(C)cc2)N2CCCCC2)cc1.Cl. The Hall–Kier alpha value is -2.04. The lowest BCUT2D eigenvalue weighted by Gasteiger charge is -2.35. The number of amides is 1. The summed E-state index contributed by atoms with van der Waals surface area (Å²) in [6.45, 7) is 7.69. The molecule has 29 heavy (non-hydrogen) atoms. The molecule has 4 nitrogen and oxygen atoms in total. The normalized spacial score (nSPS) is 15.2. The lowest BCUT2D eigenvalue weighted by molar-refractivity contribution is 0.0924. The fourth-order valence-corrected chi connectivity index (χ4v) is 3.69. The number of likely N-dealkylation sites (tertiary alicyclic amines) is 1. The first-order valence-corrected chi connectivity index (χ1v) is 10.5. The number of ether oxygens (including phenoxy) is 1. The van der Waals surface area contributed by atoms with Crippen LogP contribution in [0.5, 0.6) is 5.75 Å². The third-order valence-corrected chi connectivity index (χ3v) is 5.34. The Morgan fingerprint density at radius 3 is 2.31 bits per heavy atom. The molecule has 0 spiro atoms. The molecule has 1 heterocycles. The van der Waals surface area contributed by atoms with E-state index in [0.717, 1.165) is 25.3 Å². The van der Waals surface area contributed by atoms with E-state index in [0.29, 0.717) is 18.7 Å². The van der Waals surface area contributed by atoms with Gasteiger partial charge in [0.1, 0.15) is 5.75 Å². The van der Waals surface area contributed by atoms with Gasteiger partial charge in [-0.15, -0.1) is 12.4 Å². The van der Waals surface area contributed by atoms with E-state index < -0.39 is 0 Å². The third-order valence-electron chi connectivity index (χ3n) is 5.34. The topological polar surface area (TPSA) is 41.6 Å². The second-order valence-corrected chi connectivity index (χ2v) is 7.61. The number of nitrogens with one attached hydrogen (secondary N) is 1. The van der Waals surface area contributed by atoms with E-state index in [4.69, 9.17) is 4.74 Å². The first-order valence-electron chi connectivity index (χ1n) is 10.5. The molecule has 1 unspecified atom stereocenters. The smallest absolute Gasteiger partial charge is 0.251 e. The lowest BCUT2D eigenvalue weighted by atomic mass is 10.0. The fraction of sp³-hybridized carbons (Fsp3) is 0.458. The van der Waals surface area contributed by atoms with Crippen molar-refractivity contribution >= 4 is 18.3 Å². The Morgan fingerprint density at radius 2 is 1.69 bits per heavy atom. The molecule has 1 aliphatic heterocycles. The quantitative estimate of drug-likeness (QED) is 0.646. The van der Waals surface area contributed by atoms with Crippen LogP contribution in [0, 0.1) is 6.92 Å². The van der Waals surface area contributed by atoms with Crippen molar-refractivity contribution in [3.63, 3.8) is 0 Å². The van der Waals surface area contributed by atoms with Crippen LogP contribution in [0.1, 0.15) is 60.1 Å². The van der Waals surface area contributed by atoms with E-state index in [9.17, 15) is 4.79 Å². The lowest BCUT2D eigenvalue weighted by Crippen LogP contribution is -2.40. The Labute approximate surface area is 181 Å². The van der Waals surface area contributed by atoms with Crippen LogP contribution >= 0.6 is 12.4 Å². The number of carbonyl (C=O) groups is 1. The van der Waals surface area contributed by atoms with Gasteiger partial charge in [-0.25, -0.2) is 0 Å². The third kappa shape index (κ3) is 6.76. The van der Waals surface area contributed by atoms with Gasteiger partial charge in [0.2, 0.25) is 0 Å². The van der Waals surface area contributed by atoms with Crippen molar-refractivity contribution in [2.24, 2.45) is 0 Å². The predicted octanol–water partition coefficient (Wildman–Crippen LogP) is 5.16. The van der Waals surface area contributed by atoms with Crippen molar-refractivity contribution in [1.29, 1.82) is 0 Å². The molecule has 2 aromatic carbocycles. The van der Waals surface area contributed by atoms with Crippen LogP contribution in [0.3, 0.4) is 0 Å². The van der Waals surface area contributed by atoms with E-state index in [1.54, 1.807) is 0 Å². The number of benzene rings is 2. The van der Waals surface area contributed by atoms with Crippen molar-refractivity contribution in [3.8, 4) is 5.75 Å². The number of hydrogen-bond donors (Lipinski definition) is 1. The molecule has 1 amide bonds. The molecule has 1 N–H and O–H groups in total. The zero-order valence-corrected chi connectivity index (χ0v) is 18.3. The molecular formula is C24H33ClN2O2. The summed E-state index contributed by atoms with van der Waals surface area (Å²) < 4.78 is 5.60. The van der Waals surface area contributed by atoms with Gasteiger partial charge >= 0.3 is 0 Å². The zero-order chi connectivity index (χ0) is 19.8. The van der Waals surface area contributed by atoms with E-state index in [1.807, 2.05) is 24.3 Å². The largest absolute Gasteiger partial charge is 0.494 e. The van der Waals surface area contributed by atoms with Gasteiger partial charge in [-0.1, -0.05) is 43.2 Å². The summed E-state index contributed by atoms with van der Waals surface area (Å²) in [5.74, 6) is 0.778. The standard InChI is InChI=1S/C24H32N2O2.ClH/c1-3-17-28-22-13-11-21(12-14-22)24(27)25-18-23(26-15-5-4-6-16-26)20-9-7-19(2)8-10-20;/h7-14,23H,3-6,15-18H2,1-2H3,(H,25,27);1H. The van der Waals surface area contributed by atoms with Gasteiger partial charge < -0.3 is 10.1 Å². The minimum absolute atomic E-state index is 0. The van der Waals surface area contributed by atoms with Gasteiger partial charge in [0.05, 0.1) is 12.6 Å². The summed E-state index contributed by atoms with van der Waals surface area (Å²) in [5.41, 5.74) is 3.21. The van der Waals surface area contributed by atoms with Gasteiger partial charge in [-0.05, 0) is 69.1 Å². The van der Waals surface area contributed by atoms with E-state index in [-0.39, 0.29) is 24.4 Å². The van der Waals surface area contributed by atoms with Gasteiger partial charge in [-0.2, -0.15) is 0 Å². The maximum atomic E-state index is 12.7. The minimum atomic E-state index is -0.0313. The highest BCUT2D eigenvalue weighted by molar-refractivity contribution is 5.94. The van der Waals surface area contributed by atoms with Gasteiger partial charge in [0.25, 0.3) is 5.91 Å². The number of nitrogens with zero attached hydrogens (tertiary/aromatic N) is 1. The number of aryl methyl sites for hydroxylation is 1. The van der Waals surface area contributed by atoms with Crippen LogP contribution in [0.25, 0.3) is 0 Å². The molecule has 5 heteroatoms. The van der Waals surface area contributed by atoms with E-state index in [2.05, 4.69) is 48.3 Å². The molecule has 158 valence electrons. The summed E-state index contributed by atoms with van der Waals surface area (Å²) in [4.78, 5) is 15.2. The van der Waals surface area contributed by atoms with Crippen molar-refractivity contribution in [3.05, 3.63) is 65.2 Å². The van der Waals surface area contributed by atoms with Crippen molar-refractivity contribution in [2.75, 3.05) is 26.2 Å². The second kappa shape index (κ2) is 11.8. The number of carbonyl (C=O) groups excluding carboxylic acids is 1. The van der Waals surface area contributed by atoms with Crippen LogP contribution in [0.15, 0.2) is 48.5 Å². The fourth-order valence-electron chi connectivity index (χ4n) is 3.69. The average Bonchev–Trinajstić information content (AvgIpc) is 2.74. The van der Waals surface area contributed by atoms with Crippen LogP contribution < -0.4 is 10.1 Å². The molecule has 1 fully saturated rings. The Bertz CT molecular complexity index is 740. The maximum absolute atomic E-state index is 12.7. The van der Waals surface area contributed by atoms with E-state index >= 15 is 0 Å². The number of rotatable bonds is 8. The van der Waals surface area contributed by atoms with Crippen LogP contribution in [0.4, 0.5) is 0 Å². The molecule has 0 radical (unpaired) electrons. The Kier molecular flexibility index (Phi) is 9.49. The Morgan fingerprint density at radius 1 is 1.03 bits per heavy atom. The molecule has 0 aromatic heterocycles. The molecule has 2 aromatic rings.